The highest BCUT2D eigenvalue weighted by atomic mass is 35.5. The lowest BCUT2D eigenvalue weighted by atomic mass is 10.3. The molecule has 1 fully saturated rings. The third-order valence-electron chi connectivity index (χ3n) is 2.61. The number of hydrogen-bond donors (Lipinski definition) is 2. The van der Waals surface area contributed by atoms with Gasteiger partial charge in [0.25, 0.3) is 0 Å². The van der Waals surface area contributed by atoms with E-state index in [1.165, 1.54) is 0 Å². The number of halogens is 3. The zero-order valence-corrected chi connectivity index (χ0v) is 11.5. The molecule has 1 aliphatic heterocycles. The second-order valence-electron chi connectivity index (χ2n) is 4.01. The van der Waals surface area contributed by atoms with Crippen LogP contribution in [0.4, 0.5) is 4.39 Å². The first-order chi connectivity index (χ1) is 8.40. The zero-order valence-electron chi connectivity index (χ0n) is 9.21. The second-order valence-corrected chi connectivity index (χ2v) is 6.47. The van der Waals surface area contributed by atoms with Crippen LogP contribution in [0.2, 0.25) is 10.0 Å². The average Bonchev–Trinajstić information content (AvgIpc) is 2.66. The predicted octanol–water partition coefficient (Wildman–Crippen LogP) is 1.77. The lowest BCUT2D eigenvalue weighted by Gasteiger charge is -2.14. The summed E-state index contributed by atoms with van der Waals surface area (Å²) in [6, 6.07) is 1.65. The fourth-order valence-electron chi connectivity index (χ4n) is 1.82. The van der Waals surface area contributed by atoms with Crippen LogP contribution >= 0.6 is 23.2 Å². The maximum Gasteiger partial charge on any atom is 0.243 e. The minimum Gasteiger partial charge on any atom is -0.315 e. The zero-order chi connectivity index (χ0) is 13.3. The van der Waals surface area contributed by atoms with Gasteiger partial charge in [0.2, 0.25) is 10.0 Å². The summed E-state index contributed by atoms with van der Waals surface area (Å²) in [4.78, 5) is -0.279. The van der Waals surface area contributed by atoms with E-state index in [4.69, 9.17) is 23.2 Å². The maximum absolute atomic E-state index is 13.0. The van der Waals surface area contributed by atoms with Crippen LogP contribution in [0.5, 0.6) is 0 Å². The summed E-state index contributed by atoms with van der Waals surface area (Å²) in [5.74, 6) is -0.675. The van der Waals surface area contributed by atoms with Gasteiger partial charge in [-0.1, -0.05) is 23.2 Å². The molecule has 0 bridgehead atoms. The molecule has 1 aromatic carbocycles. The van der Waals surface area contributed by atoms with E-state index in [0.717, 1.165) is 18.7 Å². The van der Waals surface area contributed by atoms with Crippen molar-refractivity contribution in [2.75, 3.05) is 13.1 Å². The first-order valence-electron chi connectivity index (χ1n) is 5.28. The van der Waals surface area contributed by atoms with E-state index in [1.54, 1.807) is 0 Å². The van der Waals surface area contributed by atoms with Crippen molar-refractivity contribution < 1.29 is 12.8 Å². The van der Waals surface area contributed by atoms with E-state index in [1.807, 2.05) is 0 Å². The SMILES string of the molecule is O=S(=O)(NC1CCNC1)c1c(Cl)cc(F)cc1Cl. The molecule has 2 rings (SSSR count). The smallest absolute Gasteiger partial charge is 0.243 e. The normalized spacial score (nSPS) is 20.3. The van der Waals surface area contributed by atoms with Gasteiger partial charge in [0, 0.05) is 12.6 Å². The van der Waals surface area contributed by atoms with Gasteiger partial charge in [0.15, 0.2) is 0 Å². The van der Waals surface area contributed by atoms with Crippen molar-refractivity contribution >= 4 is 33.2 Å². The van der Waals surface area contributed by atoms with Crippen LogP contribution in [0.25, 0.3) is 0 Å². The van der Waals surface area contributed by atoms with Gasteiger partial charge in [-0.2, -0.15) is 0 Å². The van der Waals surface area contributed by atoms with Gasteiger partial charge < -0.3 is 5.32 Å². The Kier molecular flexibility index (Phi) is 4.13. The topological polar surface area (TPSA) is 58.2 Å². The number of hydrogen-bond acceptors (Lipinski definition) is 3. The van der Waals surface area contributed by atoms with Crippen LogP contribution < -0.4 is 10.0 Å². The molecule has 1 aliphatic rings. The van der Waals surface area contributed by atoms with Crippen LogP contribution in [-0.2, 0) is 10.0 Å². The lowest BCUT2D eigenvalue weighted by Crippen LogP contribution is -2.36. The fraction of sp³-hybridized carbons (Fsp3) is 0.400. The first kappa shape index (κ1) is 14.0. The number of nitrogens with one attached hydrogen (secondary N) is 2. The molecule has 2 N–H and O–H groups in total. The van der Waals surface area contributed by atoms with Gasteiger partial charge in [-0.25, -0.2) is 17.5 Å². The molecule has 0 amide bonds. The molecule has 0 spiro atoms. The van der Waals surface area contributed by atoms with Gasteiger partial charge in [-0.3, -0.25) is 0 Å². The Bertz CT molecular complexity index is 536. The molecule has 1 unspecified atom stereocenters. The Labute approximate surface area is 115 Å². The predicted molar refractivity (Wildman–Crippen MR) is 68.0 cm³/mol. The molecule has 4 nitrogen and oxygen atoms in total. The summed E-state index contributed by atoms with van der Waals surface area (Å²) in [5.41, 5.74) is 0. The van der Waals surface area contributed by atoms with Crippen LogP contribution in [0.3, 0.4) is 0 Å². The minimum absolute atomic E-state index is 0.202. The molecule has 1 atom stereocenters. The van der Waals surface area contributed by atoms with E-state index in [0.29, 0.717) is 13.0 Å². The summed E-state index contributed by atoms with van der Waals surface area (Å²) < 4.78 is 39.7. The Morgan fingerprint density at radius 3 is 2.44 bits per heavy atom. The number of rotatable bonds is 3. The molecule has 8 heteroatoms. The number of sulfonamides is 1. The average molecular weight is 313 g/mol. The largest absolute Gasteiger partial charge is 0.315 e. The van der Waals surface area contributed by atoms with Crippen molar-refractivity contribution in [1.82, 2.24) is 10.0 Å². The summed E-state index contributed by atoms with van der Waals surface area (Å²) in [6.45, 7) is 1.30. The Morgan fingerprint density at radius 2 is 1.94 bits per heavy atom. The third-order valence-corrected chi connectivity index (χ3v) is 5.06. The minimum atomic E-state index is -3.84. The quantitative estimate of drug-likeness (QED) is 0.894. The van der Waals surface area contributed by atoms with Crippen LogP contribution in [0.15, 0.2) is 17.0 Å². The van der Waals surface area contributed by atoms with E-state index >= 15 is 0 Å². The molecule has 1 heterocycles. The molecule has 18 heavy (non-hydrogen) atoms. The molecule has 1 saturated heterocycles. The standard InChI is InChI=1S/C10H11Cl2FN2O2S/c11-8-3-6(13)4-9(12)10(8)18(16,17)15-7-1-2-14-5-7/h3-4,7,14-15H,1-2,5H2. The molecule has 0 saturated carbocycles. The Balaban J connectivity index is 2.34. The van der Waals surface area contributed by atoms with Crippen molar-refractivity contribution in [2.45, 2.75) is 17.4 Å². The molecular formula is C10H11Cl2FN2O2S. The molecule has 0 aromatic heterocycles. The van der Waals surface area contributed by atoms with E-state index in [9.17, 15) is 12.8 Å². The molecule has 0 aliphatic carbocycles. The number of benzene rings is 1. The third kappa shape index (κ3) is 2.95. The van der Waals surface area contributed by atoms with E-state index < -0.39 is 15.8 Å². The summed E-state index contributed by atoms with van der Waals surface area (Å²) in [7, 11) is -3.84. The summed E-state index contributed by atoms with van der Waals surface area (Å²) in [5, 5.41) is 2.58. The highest BCUT2D eigenvalue weighted by molar-refractivity contribution is 7.89. The highest BCUT2D eigenvalue weighted by Gasteiger charge is 2.27. The van der Waals surface area contributed by atoms with Crippen molar-refractivity contribution in [3.63, 3.8) is 0 Å². The lowest BCUT2D eigenvalue weighted by molar-refractivity contribution is 0.559. The van der Waals surface area contributed by atoms with Gasteiger partial charge in [-0.15, -0.1) is 0 Å². The summed E-state index contributed by atoms with van der Waals surface area (Å²) >= 11 is 11.5. The van der Waals surface area contributed by atoms with Gasteiger partial charge in [0.1, 0.15) is 10.7 Å². The molecule has 1 aromatic rings. The Hall–Kier alpha value is -0.400. The van der Waals surface area contributed by atoms with Gasteiger partial charge >= 0.3 is 0 Å². The molecular weight excluding hydrogens is 302 g/mol. The second kappa shape index (κ2) is 5.30. The Morgan fingerprint density at radius 1 is 1.33 bits per heavy atom. The van der Waals surface area contributed by atoms with Gasteiger partial charge in [0.05, 0.1) is 10.0 Å². The van der Waals surface area contributed by atoms with E-state index in [-0.39, 0.29) is 21.0 Å². The monoisotopic (exact) mass is 312 g/mol. The molecule has 0 radical (unpaired) electrons. The van der Waals surface area contributed by atoms with Crippen molar-refractivity contribution in [1.29, 1.82) is 0 Å². The highest BCUT2D eigenvalue weighted by Crippen LogP contribution is 2.30. The van der Waals surface area contributed by atoms with Crippen molar-refractivity contribution in [2.24, 2.45) is 0 Å². The van der Waals surface area contributed by atoms with E-state index in [2.05, 4.69) is 10.0 Å². The van der Waals surface area contributed by atoms with Crippen molar-refractivity contribution in [3.8, 4) is 0 Å². The van der Waals surface area contributed by atoms with Crippen LogP contribution in [0.1, 0.15) is 6.42 Å². The van der Waals surface area contributed by atoms with Crippen LogP contribution in [-0.4, -0.2) is 27.5 Å². The van der Waals surface area contributed by atoms with Gasteiger partial charge in [-0.05, 0) is 25.1 Å². The summed E-state index contributed by atoms with van der Waals surface area (Å²) in [6.07, 6.45) is 0.690. The van der Waals surface area contributed by atoms with Crippen molar-refractivity contribution in [3.05, 3.63) is 28.0 Å². The van der Waals surface area contributed by atoms with Crippen LogP contribution in [0, 0.1) is 5.82 Å². The fourth-order valence-corrected chi connectivity index (χ4v) is 4.28. The maximum atomic E-state index is 13.0. The molecule has 100 valence electrons. The first-order valence-corrected chi connectivity index (χ1v) is 7.51.